The van der Waals surface area contributed by atoms with Gasteiger partial charge in [0.15, 0.2) is 0 Å². The monoisotopic (exact) mass is 279 g/mol. The smallest absolute Gasteiger partial charge is 0.251 e. The first kappa shape index (κ1) is 14.4. The van der Waals surface area contributed by atoms with E-state index in [4.69, 9.17) is 4.74 Å². The summed E-state index contributed by atoms with van der Waals surface area (Å²) in [6.45, 7) is 4.49. The van der Waals surface area contributed by atoms with Crippen LogP contribution >= 0.6 is 11.8 Å². The van der Waals surface area contributed by atoms with Gasteiger partial charge in [-0.05, 0) is 31.9 Å². The molecule has 0 radical (unpaired) electrons. The lowest BCUT2D eigenvalue weighted by Gasteiger charge is -2.21. The number of thioether (sulfide) groups is 1. The molecule has 3 nitrogen and oxygen atoms in total. The highest BCUT2D eigenvalue weighted by Gasteiger charge is 2.13. The second kappa shape index (κ2) is 7.56. The van der Waals surface area contributed by atoms with E-state index in [1.807, 2.05) is 43.0 Å². The number of ether oxygens (including phenoxy) is 1. The van der Waals surface area contributed by atoms with Crippen LogP contribution in [0, 0.1) is 6.92 Å². The summed E-state index contributed by atoms with van der Waals surface area (Å²) in [4.78, 5) is 11.9. The van der Waals surface area contributed by atoms with Gasteiger partial charge in [0, 0.05) is 36.3 Å². The second-order valence-electron chi connectivity index (χ2n) is 4.81. The van der Waals surface area contributed by atoms with Crippen LogP contribution < -0.4 is 5.32 Å². The molecule has 2 rings (SSSR count). The van der Waals surface area contributed by atoms with Gasteiger partial charge in [0.05, 0.1) is 0 Å². The molecule has 19 heavy (non-hydrogen) atoms. The molecule has 1 aliphatic heterocycles. The molecule has 1 fully saturated rings. The van der Waals surface area contributed by atoms with Gasteiger partial charge < -0.3 is 10.1 Å². The van der Waals surface area contributed by atoms with E-state index in [2.05, 4.69) is 5.32 Å². The average molecular weight is 279 g/mol. The highest BCUT2D eigenvalue weighted by Crippen LogP contribution is 2.21. The van der Waals surface area contributed by atoms with Gasteiger partial charge in [0.25, 0.3) is 5.91 Å². The van der Waals surface area contributed by atoms with Gasteiger partial charge in [-0.3, -0.25) is 4.79 Å². The Balaban J connectivity index is 1.66. The molecular weight excluding hydrogens is 258 g/mol. The summed E-state index contributed by atoms with van der Waals surface area (Å²) in [5.41, 5.74) is 1.86. The molecule has 0 spiro atoms. The number of amides is 1. The second-order valence-corrected chi connectivity index (χ2v) is 6.22. The number of rotatable bonds is 5. The number of carbonyl (C=O) groups is 1. The maximum Gasteiger partial charge on any atom is 0.251 e. The zero-order valence-electron chi connectivity index (χ0n) is 11.4. The van der Waals surface area contributed by atoms with E-state index in [0.29, 0.717) is 5.25 Å². The lowest BCUT2D eigenvalue weighted by Crippen LogP contribution is -2.27. The Kier molecular flexibility index (Phi) is 5.73. The van der Waals surface area contributed by atoms with Crippen molar-refractivity contribution in [1.82, 2.24) is 5.32 Å². The molecule has 1 aromatic carbocycles. The molecule has 1 aromatic rings. The Hall–Kier alpha value is -1.00. The van der Waals surface area contributed by atoms with Gasteiger partial charge in [-0.2, -0.15) is 11.8 Å². The molecule has 0 unspecified atom stereocenters. The van der Waals surface area contributed by atoms with Crippen LogP contribution in [0.5, 0.6) is 0 Å². The van der Waals surface area contributed by atoms with Crippen LogP contribution in [0.4, 0.5) is 0 Å². The van der Waals surface area contributed by atoms with Crippen LogP contribution in [0.25, 0.3) is 0 Å². The van der Waals surface area contributed by atoms with E-state index < -0.39 is 0 Å². The van der Waals surface area contributed by atoms with Crippen LogP contribution in [-0.2, 0) is 4.74 Å². The van der Waals surface area contributed by atoms with Crippen LogP contribution in [-0.4, -0.2) is 36.7 Å². The minimum atomic E-state index is 0.0243. The van der Waals surface area contributed by atoms with Crippen molar-refractivity contribution < 1.29 is 9.53 Å². The predicted octanol–water partition coefficient (Wildman–Crippen LogP) is 2.64. The van der Waals surface area contributed by atoms with Crippen LogP contribution in [0.3, 0.4) is 0 Å². The largest absolute Gasteiger partial charge is 0.381 e. The number of benzene rings is 1. The van der Waals surface area contributed by atoms with Gasteiger partial charge in [-0.15, -0.1) is 0 Å². The number of hydrogen-bond donors (Lipinski definition) is 1. The van der Waals surface area contributed by atoms with Crippen molar-refractivity contribution in [3.05, 3.63) is 35.4 Å². The Morgan fingerprint density at radius 1 is 1.42 bits per heavy atom. The lowest BCUT2D eigenvalue weighted by atomic mass is 10.1. The number of aryl methyl sites for hydroxylation is 1. The van der Waals surface area contributed by atoms with Crippen molar-refractivity contribution in [3.8, 4) is 0 Å². The van der Waals surface area contributed by atoms with E-state index >= 15 is 0 Å². The number of hydrogen-bond acceptors (Lipinski definition) is 3. The van der Waals surface area contributed by atoms with Crippen LogP contribution in [0.2, 0.25) is 0 Å². The SMILES string of the molecule is Cc1cccc(C(=O)NCCSC2CCOCC2)c1. The molecule has 0 atom stereocenters. The van der Waals surface area contributed by atoms with Gasteiger partial charge in [0.1, 0.15) is 0 Å². The zero-order valence-corrected chi connectivity index (χ0v) is 12.2. The number of nitrogens with one attached hydrogen (secondary N) is 1. The molecule has 1 N–H and O–H groups in total. The molecule has 0 aromatic heterocycles. The third kappa shape index (κ3) is 4.88. The van der Waals surface area contributed by atoms with Crippen LogP contribution in [0.1, 0.15) is 28.8 Å². The molecule has 1 amide bonds. The summed E-state index contributed by atoms with van der Waals surface area (Å²) in [5.74, 6) is 0.999. The molecule has 0 saturated carbocycles. The van der Waals surface area contributed by atoms with E-state index in [9.17, 15) is 4.79 Å². The quantitative estimate of drug-likeness (QED) is 0.842. The minimum Gasteiger partial charge on any atom is -0.381 e. The fourth-order valence-corrected chi connectivity index (χ4v) is 3.20. The minimum absolute atomic E-state index is 0.0243. The molecule has 4 heteroatoms. The van der Waals surface area contributed by atoms with E-state index in [0.717, 1.165) is 49.5 Å². The Bertz CT molecular complexity index is 416. The van der Waals surface area contributed by atoms with Gasteiger partial charge in [0.2, 0.25) is 0 Å². The summed E-state index contributed by atoms with van der Waals surface area (Å²) in [7, 11) is 0. The molecule has 0 bridgehead atoms. The Morgan fingerprint density at radius 2 is 2.21 bits per heavy atom. The molecule has 0 aliphatic carbocycles. The third-order valence-corrected chi connectivity index (χ3v) is 4.57. The highest BCUT2D eigenvalue weighted by molar-refractivity contribution is 7.99. The third-order valence-electron chi connectivity index (χ3n) is 3.19. The lowest BCUT2D eigenvalue weighted by molar-refractivity contribution is 0.0955. The molecule has 1 saturated heterocycles. The standard InChI is InChI=1S/C15H21NO2S/c1-12-3-2-4-13(11-12)15(17)16-7-10-19-14-5-8-18-9-6-14/h2-4,11,14H,5-10H2,1H3,(H,16,17). The summed E-state index contributed by atoms with van der Waals surface area (Å²) in [6, 6.07) is 7.69. The van der Waals surface area contributed by atoms with Gasteiger partial charge in [-0.25, -0.2) is 0 Å². The first-order valence-corrected chi connectivity index (χ1v) is 7.85. The first-order chi connectivity index (χ1) is 9.25. The predicted molar refractivity (Wildman–Crippen MR) is 79.8 cm³/mol. The zero-order chi connectivity index (χ0) is 13.5. The molecule has 1 heterocycles. The van der Waals surface area contributed by atoms with Gasteiger partial charge >= 0.3 is 0 Å². The molecule has 1 aliphatic rings. The maximum atomic E-state index is 11.9. The summed E-state index contributed by atoms with van der Waals surface area (Å²) in [5, 5.41) is 3.67. The normalized spacial score (nSPS) is 16.3. The first-order valence-electron chi connectivity index (χ1n) is 6.80. The van der Waals surface area contributed by atoms with Crippen LogP contribution in [0.15, 0.2) is 24.3 Å². The summed E-state index contributed by atoms with van der Waals surface area (Å²) >= 11 is 1.94. The van der Waals surface area contributed by atoms with E-state index in [1.54, 1.807) is 0 Å². The van der Waals surface area contributed by atoms with Crippen molar-refractivity contribution in [3.63, 3.8) is 0 Å². The fourth-order valence-electron chi connectivity index (χ4n) is 2.12. The summed E-state index contributed by atoms with van der Waals surface area (Å²) < 4.78 is 5.33. The average Bonchev–Trinajstić information content (AvgIpc) is 2.44. The van der Waals surface area contributed by atoms with Gasteiger partial charge in [-0.1, -0.05) is 17.7 Å². The fraction of sp³-hybridized carbons (Fsp3) is 0.533. The van der Waals surface area contributed by atoms with E-state index in [1.165, 1.54) is 0 Å². The Labute approximate surface area is 119 Å². The van der Waals surface area contributed by atoms with Crippen molar-refractivity contribution in [1.29, 1.82) is 0 Å². The Morgan fingerprint density at radius 3 is 2.95 bits per heavy atom. The topological polar surface area (TPSA) is 38.3 Å². The highest BCUT2D eigenvalue weighted by atomic mass is 32.2. The van der Waals surface area contributed by atoms with Crippen molar-refractivity contribution in [2.45, 2.75) is 25.0 Å². The van der Waals surface area contributed by atoms with E-state index in [-0.39, 0.29) is 5.91 Å². The molecule has 104 valence electrons. The summed E-state index contributed by atoms with van der Waals surface area (Å²) in [6.07, 6.45) is 2.27. The van der Waals surface area contributed by atoms with Crippen molar-refractivity contribution >= 4 is 17.7 Å². The number of carbonyl (C=O) groups excluding carboxylic acids is 1. The van der Waals surface area contributed by atoms with Crippen molar-refractivity contribution in [2.24, 2.45) is 0 Å². The van der Waals surface area contributed by atoms with Crippen molar-refractivity contribution in [2.75, 3.05) is 25.5 Å². The maximum absolute atomic E-state index is 11.9. The molecular formula is C15H21NO2S.